The molecule has 0 radical (unpaired) electrons. The van der Waals surface area contributed by atoms with E-state index in [2.05, 4.69) is 45.5 Å². The van der Waals surface area contributed by atoms with E-state index in [4.69, 9.17) is 4.74 Å². The minimum atomic E-state index is 0.546. The van der Waals surface area contributed by atoms with E-state index in [1.165, 1.54) is 29.5 Å². The average Bonchev–Trinajstić information content (AvgIpc) is 2.28. The van der Waals surface area contributed by atoms with E-state index in [-0.39, 0.29) is 0 Å². The van der Waals surface area contributed by atoms with Gasteiger partial charge in [-0.2, -0.15) is 0 Å². The molecular formula is C16H24O. The Hall–Kier alpha value is -1.24. The molecule has 0 heterocycles. The van der Waals surface area contributed by atoms with Crippen LogP contribution in [0.25, 0.3) is 0 Å². The van der Waals surface area contributed by atoms with Crippen LogP contribution in [0.15, 0.2) is 30.4 Å². The van der Waals surface area contributed by atoms with E-state index in [9.17, 15) is 0 Å². The summed E-state index contributed by atoms with van der Waals surface area (Å²) in [6.07, 6.45) is 3.51. The number of methoxy groups -OCH3 is 1. The number of hydrogen-bond donors (Lipinski definition) is 0. The molecule has 0 spiro atoms. The summed E-state index contributed by atoms with van der Waals surface area (Å²) in [7, 11) is 1.75. The van der Waals surface area contributed by atoms with Gasteiger partial charge in [0, 0.05) is 0 Å². The van der Waals surface area contributed by atoms with Gasteiger partial charge in [-0.25, -0.2) is 0 Å². The zero-order valence-electron chi connectivity index (χ0n) is 11.5. The largest absolute Gasteiger partial charge is 0.496 e. The van der Waals surface area contributed by atoms with Crippen LogP contribution >= 0.6 is 0 Å². The maximum atomic E-state index is 5.46. The van der Waals surface area contributed by atoms with Crippen LogP contribution < -0.4 is 4.74 Å². The molecule has 17 heavy (non-hydrogen) atoms. The highest BCUT2D eigenvalue weighted by Gasteiger charge is 2.11. The average molecular weight is 232 g/mol. The number of aryl methyl sites for hydroxylation is 1. The first kappa shape index (κ1) is 13.8. The molecule has 0 amide bonds. The molecule has 0 aromatic heterocycles. The number of ether oxygens (including phenoxy) is 1. The molecule has 0 bridgehead atoms. The summed E-state index contributed by atoms with van der Waals surface area (Å²) in [5.74, 6) is 1.57. The number of hydrogen-bond acceptors (Lipinski definition) is 1. The third-order valence-electron chi connectivity index (χ3n) is 3.16. The Morgan fingerprint density at radius 3 is 2.71 bits per heavy atom. The first-order valence-electron chi connectivity index (χ1n) is 6.33. The van der Waals surface area contributed by atoms with Gasteiger partial charge in [-0.3, -0.25) is 0 Å². The second-order valence-corrected chi connectivity index (χ2v) is 5.00. The Kier molecular flexibility index (Phi) is 5.27. The standard InChI is InChI=1S/C16H24O/c1-12(2)7-6-8-14(4)15-10-9-13(3)11-16(15)17-5/h9-11,14H,1,6-8H2,2-5H3. The van der Waals surface area contributed by atoms with E-state index in [0.717, 1.165) is 12.2 Å². The van der Waals surface area contributed by atoms with Crippen molar-refractivity contribution in [1.82, 2.24) is 0 Å². The van der Waals surface area contributed by atoms with Crippen molar-refractivity contribution in [1.29, 1.82) is 0 Å². The molecule has 0 fully saturated rings. The molecule has 1 aromatic carbocycles. The Morgan fingerprint density at radius 2 is 2.12 bits per heavy atom. The second-order valence-electron chi connectivity index (χ2n) is 5.00. The topological polar surface area (TPSA) is 9.23 Å². The van der Waals surface area contributed by atoms with Crippen LogP contribution in [0.1, 0.15) is 50.2 Å². The maximum Gasteiger partial charge on any atom is 0.122 e. The van der Waals surface area contributed by atoms with Crippen LogP contribution in [0.5, 0.6) is 5.75 Å². The predicted molar refractivity (Wildman–Crippen MR) is 74.8 cm³/mol. The maximum absolute atomic E-state index is 5.46. The summed E-state index contributed by atoms with van der Waals surface area (Å²) in [6.45, 7) is 10.4. The number of allylic oxidation sites excluding steroid dienone is 1. The molecule has 1 heteroatoms. The van der Waals surface area contributed by atoms with Gasteiger partial charge in [0.2, 0.25) is 0 Å². The first-order chi connectivity index (χ1) is 8.04. The zero-order chi connectivity index (χ0) is 12.8. The molecule has 1 rings (SSSR count). The van der Waals surface area contributed by atoms with Crippen LogP contribution in [-0.2, 0) is 0 Å². The Bertz CT molecular complexity index is 379. The molecule has 0 saturated heterocycles. The number of benzene rings is 1. The van der Waals surface area contributed by atoms with Crippen LogP contribution in [-0.4, -0.2) is 7.11 Å². The fraction of sp³-hybridized carbons (Fsp3) is 0.500. The summed E-state index contributed by atoms with van der Waals surface area (Å²) in [4.78, 5) is 0. The van der Waals surface area contributed by atoms with Gasteiger partial charge in [-0.05, 0) is 56.2 Å². The number of rotatable bonds is 6. The lowest BCUT2D eigenvalue weighted by atomic mass is 9.93. The van der Waals surface area contributed by atoms with Crippen molar-refractivity contribution >= 4 is 0 Å². The highest BCUT2D eigenvalue weighted by molar-refractivity contribution is 5.39. The van der Waals surface area contributed by atoms with Gasteiger partial charge >= 0.3 is 0 Å². The van der Waals surface area contributed by atoms with Crippen molar-refractivity contribution in [3.8, 4) is 5.75 Å². The van der Waals surface area contributed by atoms with Crippen molar-refractivity contribution in [2.24, 2.45) is 0 Å². The monoisotopic (exact) mass is 232 g/mol. The van der Waals surface area contributed by atoms with Crippen LogP contribution in [0.3, 0.4) is 0 Å². The van der Waals surface area contributed by atoms with Crippen molar-refractivity contribution in [2.45, 2.75) is 46.0 Å². The second kappa shape index (κ2) is 6.48. The van der Waals surface area contributed by atoms with Gasteiger partial charge in [0.15, 0.2) is 0 Å². The molecule has 1 nitrogen and oxygen atoms in total. The van der Waals surface area contributed by atoms with E-state index >= 15 is 0 Å². The molecular weight excluding hydrogens is 208 g/mol. The summed E-state index contributed by atoms with van der Waals surface area (Å²) in [6, 6.07) is 6.47. The van der Waals surface area contributed by atoms with Gasteiger partial charge in [-0.1, -0.05) is 24.6 Å². The Labute approximate surface area is 106 Å². The quantitative estimate of drug-likeness (QED) is 0.637. The predicted octanol–water partition coefficient (Wildman–Crippen LogP) is 4.85. The molecule has 94 valence electrons. The third-order valence-corrected chi connectivity index (χ3v) is 3.16. The third kappa shape index (κ3) is 4.26. The minimum Gasteiger partial charge on any atom is -0.496 e. The van der Waals surface area contributed by atoms with Crippen molar-refractivity contribution in [3.05, 3.63) is 41.5 Å². The molecule has 1 atom stereocenters. The van der Waals surface area contributed by atoms with Gasteiger partial charge in [-0.15, -0.1) is 6.58 Å². The first-order valence-corrected chi connectivity index (χ1v) is 6.33. The lowest BCUT2D eigenvalue weighted by molar-refractivity contribution is 0.404. The van der Waals surface area contributed by atoms with E-state index in [1.807, 2.05) is 0 Å². The van der Waals surface area contributed by atoms with Crippen molar-refractivity contribution < 1.29 is 4.74 Å². The molecule has 0 aliphatic heterocycles. The smallest absolute Gasteiger partial charge is 0.122 e. The summed E-state index contributed by atoms with van der Waals surface area (Å²) in [5, 5.41) is 0. The molecule has 0 saturated carbocycles. The lowest BCUT2D eigenvalue weighted by Crippen LogP contribution is -1.98. The molecule has 1 aromatic rings. The van der Waals surface area contributed by atoms with E-state index in [1.54, 1.807) is 7.11 Å². The SMILES string of the molecule is C=C(C)CCCC(C)c1ccc(C)cc1OC. The van der Waals surface area contributed by atoms with Gasteiger partial charge in [0.05, 0.1) is 7.11 Å². The summed E-state index contributed by atoms with van der Waals surface area (Å²) < 4.78 is 5.46. The Morgan fingerprint density at radius 1 is 1.41 bits per heavy atom. The Balaban J connectivity index is 2.67. The molecule has 0 aliphatic carbocycles. The normalized spacial score (nSPS) is 12.2. The highest BCUT2D eigenvalue weighted by Crippen LogP contribution is 2.30. The van der Waals surface area contributed by atoms with Crippen molar-refractivity contribution in [2.75, 3.05) is 7.11 Å². The van der Waals surface area contributed by atoms with Crippen molar-refractivity contribution in [3.63, 3.8) is 0 Å². The summed E-state index contributed by atoms with van der Waals surface area (Å²) in [5.41, 5.74) is 3.84. The molecule has 1 unspecified atom stereocenters. The fourth-order valence-corrected chi connectivity index (χ4v) is 2.09. The van der Waals surface area contributed by atoms with Gasteiger partial charge < -0.3 is 4.74 Å². The van der Waals surface area contributed by atoms with Gasteiger partial charge in [0.25, 0.3) is 0 Å². The lowest BCUT2D eigenvalue weighted by Gasteiger charge is -2.16. The highest BCUT2D eigenvalue weighted by atomic mass is 16.5. The van der Waals surface area contributed by atoms with Crippen LogP contribution in [0.4, 0.5) is 0 Å². The minimum absolute atomic E-state index is 0.546. The van der Waals surface area contributed by atoms with Gasteiger partial charge in [0.1, 0.15) is 5.75 Å². The van der Waals surface area contributed by atoms with Crippen LogP contribution in [0.2, 0.25) is 0 Å². The van der Waals surface area contributed by atoms with E-state index in [0.29, 0.717) is 5.92 Å². The molecule has 0 aliphatic rings. The van der Waals surface area contributed by atoms with Crippen LogP contribution in [0, 0.1) is 6.92 Å². The summed E-state index contributed by atoms with van der Waals surface area (Å²) >= 11 is 0. The fourth-order valence-electron chi connectivity index (χ4n) is 2.09. The van der Waals surface area contributed by atoms with E-state index < -0.39 is 0 Å². The molecule has 0 N–H and O–H groups in total. The zero-order valence-corrected chi connectivity index (χ0v) is 11.5.